The molecule has 0 spiro atoms. The van der Waals surface area contributed by atoms with Gasteiger partial charge in [-0.05, 0) is 49.7 Å². The van der Waals surface area contributed by atoms with Gasteiger partial charge in [0.15, 0.2) is 5.78 Å². The molecule has 2 aromatic carbocycles. The summed E-state index contributed by atoms with van der Waals surface area (Å²) < 4.78 is 5.87. The summed E-state index contributed by atoms with van der Waals surface area (Å²) >= 11 is 0. The molecule has 0 bridgehead atoms. The molecule has 0 unspecified atom stereocenters. The van der Waals surface area contributed by atoms with Gasteiger partial charge in [0.05, 0.1) is 16.6 Å². The van der Waals surface area contributed by atoms with Crippen molar-refractivity contribution >= 4 is 28.5 Å². The number of furan rings is 1. The zero-order valence-corrected chi connectivity index (χ0v) is 15.5. The molecular weight excluding hydrogens is 350 g/mol. The highest BCUT2D eigenvalue weighted by Crippen LogP contribution is 2.26. The molecule has 4 rings (SSSR count). The summed E-state index contributed by atoms with van der Waals surface area (Å²) in [5.41, 5.74) is 4.63. The zero-order valence-electron chi connectivity index (χ0n) is 15.5. The Kier molecular flexibility index (Phi) is 4.38. The third kappa shape index (κ3) is 3.36. The van der Waals surface area contributed by atoms with E-state index in [1.54, 1.807) is 24.3 Å². The fraction of sp³-hybridized carbons (Fsp3) is 0.0870. The fourth-order valence-electron chi connectivity index (χ4n) is 3.02. The molecule has 0 aliphatic rings. The van der Waals surface area contributed by atoms with E-state index < -0.39 is 0 Å². The third-order valence-electron chi connectivity index (χ3n) is 4.48. The van der Waals surface area contributed by atoms with Gasteiger partial charge < -0.3 is 9.40 Å². The highest BCUT2D eigenvalue weighted by molar-refractivity contribution is 5.95. The molecular formula is C23H17N3O2. The Morgan fingerprint density at radius 1 is 1.18 bits per heavy atom. The number of hydrogen-bond acceptors (Lipinski definition) is 4. The molecule has 0 saturated carbocycles. The van der Waals surface area contributed by atoms with Crippen LogP contribution in [0.15, 0.2) is 59.0 Å². The molecule has 0 fully saturated rings. The highest BCUT2D eigenvalue weighted by Gasteiger charge is 2.11. The molecule has 0 aliphatic carbocycles. The van der Waals surface area contributed by atoms with Gasteiger partial charge in [0.1, 0.15) is 23.4 Å². The number of H-pyrrole nitrogens is 1. The van der Waals surface area contributed by atoms with Gasteiger partial charge in [-0.1, -0.05) is 24.3 Å². The first kappa shape index (κ1) is 17.5. The summed E-state index contributed by atoms with van der Waals surface area (Å²) in [7, 11) is 0. The molecule has 0 saturated heterocycles. The van der Waals surface area contributed by atoms with Gasteiger partial charge in [-0.25, -0.2) is 4.98 Å². The number of allylic oxidation sites excluding steroid dienone is 1. The molecule has 1 N–H and O–H groups in total. The number of nitrogens with zero attached hydrogens (tertiary/aromatic N) is 2. The Morgan fingerprint density at radius 2 is 2.04 bits per heavy atom. The van der Waals surface area contributed by atoms with Crippen LogP contribution in [0.3, 0.4) is 0 Å². The summed E-state index contributed by atoms with van der Waals surface area (Å²) in [6, 6.07) is 19.0. The largest absolute Gasteiger partial charge is 0.457 e. The van der Waals surface area contributed by atoms with Crippen LogP contribution in [0.1, 0.15) is 34.4 Å². The minimum atomic E-state index is 0.000384. The lowest BCUT2D eigenvalue weighted by molar-refractivity contribution is 0.101. The zero-order chi connectivity index (χ0) is 19.7. The number of benzene rings is 2. The summed E-state index contributed by atoms with van der Waals surface area (Å²) in [5.74, 6) is 1.67. The van der Waals surface area contributed by atoms with Crippen molar-refractivity contribution in [2.45, 2.75) is 13.8 Å². The van der Waals surface area contributed by atoms with Gasteiger partial charge >= 0.3 is 0 Å². The van der Waals surface area contributed by atoms with E-state index in [4.69, 9.17) is 4.42 Å². The highest BCUT2D eigenvalue weighted by atomic mass is 16.3. The molecule has 5 heteroatoms. The van der Waals surface area contributed by atoms with Crippen molar-refractivity contribution in [2.24, 2.45) is 0 Å². The van der Waals surface area contributed by atoms with Crippen LogP contribution in [0, 0.1) is 18.3 Å². The van der Waals surface area contributed by atoms with E-state index in [1.165, 1.54) is 6.92 Å². The van der Waals surface area contributed by atoms with Crippen LogP contribution >= 0.6 is 0 Å². The lowest BCUT2D eigenvalue weighted by atomic mass is 10.1. The van der Waals surface area contributed by atoms with E-state index in [0.29, 0.717) is 28.5 Å². The Balaban J connectivity index is 1.68. The van der Waals surface area contributed by atoms with Crippen LogP contribution in [0.5, 0.6) is 0 Å². The maximum absolute atomic E-state index is 11.6. The van der Waals surface area contributed by atoms with Crippen molar-refractivity contribution in [1.82, 2.24) is 9.97 Å². The number of fused-ring (bicyclic) bond motifs is 1. The van der Waals surface area contributed by atoms with Crippen LogP contribution in [-0.4, -0.2) is 15.8 Å². The first-order valence-corrected chi connectivity index (χ1v) is 8.83. The summed E-state index contributed by atoms with van der Waals surface area (Å²) in [6.45, 7) is 3.54. The summed E-state index contributed by atoms with van der Waals surface area (Å²) in [4.78, 5) is 19.3. The molecule has 2 heterocycles. The SMILES string of the molecule is CC(=O)c1cccc(-c2ccc(/C=C(/C#N)c3nc4ccc(C)cc4[nH]3)o2)c1. The molecule has 136 valence electrons. The summed E-state index contributed by atoms with van der Waals surface area (Å²) in [5, 5.41) is 9.58. The van der Waals surface area contributed by atoms with Crippen molar-refractivity contribution in [2.75, 3.05) is 0 Å². The van der Waals surface area contributed by atoms with E-state index in [-0.39, 0.29) is 5.78 Å². The van der Waals surface area contributed by atoms with Crippen LogP contribution in [-0.2, 0) is 0 Å². The average Bonchev–Trinajstić information content (AvgIpc) is 3.32. The number of aromatic nitrogens is 2. The van der Waals surface area contributed by atoms with Crippen LogP contribution in [0.2, 0.25) is 0 Å². The molecule has 0 amide bonds. The average molecular weight is 367 g/mol. The molecule has 2 aromatic heterocycles. The second kappa shape index (κ2) is 7.01. The van der Waals surface area contributed by atoms with Gasteiger partial charge in [-0.15, -0.1) is 0 Å². The van der Waals surface area contributed by atoms with Gasteiger partial charge in [-0.2, -0.15) is 5.26 Å². The number of carbonyl (C=O) groups excluding carboxylic acids is 1. The van der Waals surface area contributed by atoms with E-state index >= 15 is 0 Å². The molecule has 28 heavy (non-hydrogen) atoms. The van der Waals surface area contributed by atoms with E-state index in [0.717, 1.165) is 22.2 Å². The molecule has 0 atom stereocenters. The number of aryl methyl sites for hydroxylation is 1. The number of nitrogens with one attached hydrogen (secondary N) is 1. The fourth-order valence-corrected chi connectivity index (χ4v) is 3.02. The number of hydrogen-bond donors (Lipinski definition) is 1. The number of rotatable bonds is 4. The van der Waals surface area contributed by atoms with Crippen LogP contribution in [0.25, 0.3) is 34.0 Å². The smallest absolute Gasteiger partial charge is 0.159 e. The maximum atomic E-state index is 11.6. The number of ketones is 1. The number of nitriles is 1. The van der Waals surface area contributed by atoms with E-state index in [2.05, 4.69) is 16.0 Å². The predicted octanol–water partition coefficient (Wildman–Crippen LogP) is 5.40. The number of carbonyl (C=O) groups is 1. The lowest BCUT2D eigenvalue weighted by Crippen LogP contribution is -1.91. The second-order valence-corrected chi connectivity index (χ2v) is 6.61. The number of Topliss-reactive ketones (excluding diaryl/α,β-unsaturated/α-hetero) is 1. The van der Waals surface area contributed by atoms with Gasteiger partial charge in [0.25, 0.3) is 0 Å². The molecule has 5 nitrogen and oxygen atoms in total. The second-order valence-electron chi connectivity index (χ2n) is 6.61. The third-order valence-corrected chi connectivity index (χ3v) is 4.48. The van der Waals surface area contributed by atoms with E-state index in [9.17, 15) is 10.1 Å². The number of aromatic amines is 1. The van der Waals surface area contributed by atoms with Crippen molar-refractivity contribution in [1.29, 1.82) is 5.26 Å². The Morgan fingerprint density at radius 3 is 2.82 bits per heavy atom. The maximum Gasteiger partial charge on any atom is 0.159 e. The van der Waals surface area contributed by atoms with Crippen molar-refractivity contribution in [3.8, 4) is 17.4 Å². The van der Waals surface area contributed by atoms with Gasteiger partial charge in [-0.3, -0.25) is 4.79 Å². The van der Waals surface area contributed by atoms with Crippen LogP contribution < -0.4 is 0 Å². The molecule has 4 aromatic rings. The summed E-state index contributed by atoms with van der Waals surface area (Å²) in [6.07, 6.45) is 1.66. The minimum absolute atomic E-state index is 0.000384. The lowest BCUT2D eigenvalue weighted by Gasteiger charge is -2.00. The Labute approximate surface area is 162 Å². The van der Waals surface area contributed by atoms with E-state index in [1.807, 2.05) is 43.3 Å². The quantitative estimate of drug-likeness (QED) is 0.387. The monoisotopic (exact) mass is 367 g/mol. The predicted molar refractivity (Wildman–Crippen MR) is 108 cm³/mol. The number of imidazole rings is 1. The Bertz CT molecular complexity index is 1270. The normalized spacial score (nSPS) is 11.5. The Hall–Kier alpha value is -3.91. The van der Waals surface area contributed by atoms with Gasteiger partial charge in [0.2, 0.25) is 0 Å². The van der Waals surface area contributed by atoms with Gasteiger partial charge in [0, 0.05) is 17.2 Å². The molecule has 0 aliphatic heterocycles. The van der Waals surface area contributed by atoms with Crippen LogP contribution in [0.4, 0.5) is 0 Å². The molecule has 0 radical (unpaired) electrons. The first-order valence-electron chi connectivity index (χ1n) is 8.83. The van der Waals surface area contributed by atoms with Crippen molar-refractivity contribution in [3.05, 3.63) is 77.3 Å². The first-order chi connectivity index (χ1) is 13.5. The standard InChI is InChI=1S/C23H17N3O2/c1-14-6-8-20-21(10-14)26-23(25-20)18(13-24)12-19-7-9-22(28-19)17-5-3-4-16(11-17)15(2)27/h3-12H,1-2H3,(H,25,26)/b18-12-. The minimum Gasteiger partial charge on any atom is -0.457 e. The van der Waals surface area contributed by atoms with Crippen molar-refractivity contribution in [3.63, 3.8) is 0 Å². The van der Waals surface area contributed by atoms with Crippen molar-refractivity contribution < 1.29 is 9.21 Å². The topological polar surface area (TPSA) is 82.7 Å².